The molecular weight excluding hydrogens is 695 g/mol. The van der Waals surface area contributed by atoms with Crippen molar-refractivity contribution < 1.29 is 4.42 Å². The van der Waals surface area contributed by atoms with E-state index in [1.54, 1.807) is 0 Å². The highest BCUT2D eigenvalue weighted by Gasteiger charge is 2.24. The van der Waals surface area contributed by atoms with E-state index in [2.05, 4.69) is 185 Å². The van der Waals surface area contributed by atoms with E-state index in [0.717, 1.165) is 67.2 Å². The Bertz CT molecular complexity index is 3240. The number of benzene rings is 9. The molecule has 4 nitrogen and oxygen atoms in total. The van der Waals surface area contributed by atoms with Gasteiger partial charge in [0.05, 0.1) is 22.4 Å². The van der Waals surface area contributed by atoms with E-state index in [4.69, 9.17) is 9.40 Å². The van der Waals surface area contributed by atoms with Crippen LogP contribution in [0.5, 0.6) is 0 Å². The zero-order valence-corrected chi connectivity index (χ0v) is 31.0. The van der Waals surface area contributed by atoms with E-state index >= 15 is 0 Å². The quantitative estimate of drug-likeness (QED) is 0.164. The topological polar surface area (TPSA) is 34.2 Å². The molecule has 0 aliphatic carbocycles. The molecule has 0 radical (unpaired) electrons. The summed E-state index contributed by atoms with van der Waals surface area (Å²) in [6, 6.07) is 75.2. The van der Waals surface area contributed by atoms with Crippen molar-refractivity contribution in [2.45, 2.75) is 0 Å². The molecule has 0 atom stereocenters. The van der Waals surface area contributed by atoms with Gasteiger partial charge in [-0.2, -0.15) is 0 Å². The van der Waals surface area contributed by atoms with Crippen LogP contribution in [0.15, 0.2) is 217 Å². The van der Waals surface area contributed by atoms with Crippen molar-refractivity contribution in [2.75, 3.05) is 4.90 Å². The molecule has 57 heavy (non-hydrogen) atoms. The van der Waals surface area contributed by atoms with Crippen molar-refractivity contribution in [3.63, 3.8) is 0 Å². The molecule has 0 N–H and O–H groups in total. The minimum absolute atomic E-state index is 0.605. The first kappa shape index (κ1) is 32.7. The van der Waals surface area contributed by atoms with Crippen molar-refractivity contribution in [3.05, 3.63) is 212 Å². The van der Waals surface area contributed by atoms with Crippen LogP contribution in [0.3, 0.4) is 0 Å². The SMILES string of the molecule is c1ccc(-c2nc3cccc(-c4ccccc4N(c4ccc5c6ccc7ccccc7c6n(-c6ccccc6)c5c4)c4ccccc4-c4ccccc4)c3o2)cc1. The van der Waals surface area contributed by atoms with Crippen LogP contribution in [-0.2, 0) is 0 Å². The van der Waals surface area contributed by atoms with Gasteiger partial charge in [0.25, 0.3) is 0 Å². The van der Waals surface area contributed by atoms with Gasteiger partial charge in [-0.1, -0.05) is 158 Å². The number of hydrogen-bond donors (Lipinski definition) is 0. The first-order valence-electron chi connectivity index (χ1n) is 19.3. The predicted octanol–water partition coefficient (Wildman–Crippen LogP) is 14.5. The number of oxazole rings is 1. The smallest absolute Gasteiger partial charge is 0.227 e. The van der Waals surface area contributed by atoms with Crippen molar-refractivity contribution in [3.8, 4) is 39.4 Å². The number of rotatable bonds is 7. The summed E-state index contributed by atoms with van der Waals surface area (Å²) in [6.45, 7) is 0. The van der Waals surface area contributed by atoms with Crippen molar-refractivity contribution in [1.82, 2.24) is 9.55 Å². The van der Waals surface area contributed by atoms with Crippen LogP contribution in [0.4, 0.5) is 17.1 Å². The van der Waals surface area contributed by atoms with Crippen LogP contribution < -0.4 is 4.90 Å². The Hall–Kier alpha value is -7.69. The second-order valence-electron chi connectivity index (χ2n) is 14.3. The summed E-state index contributed by atoms with van der Waals surface area (Å²) in [4.78, 5) is 7.36. The monoisotopic (exact) mass is 729 g/mol. The Morgan fingerprint density at radius 1 is 0.439 bits per heavy atom. The first-order valence-corrected chi connectivity index (χ1v) is 19.3. The number of aromatic nitrogens is 2. The van der Waals surface area contributed by atoms with Crippen LogP contribution in [0, 0.1) is 0 Å². The van der Waals surface area contributed by atoms with Gasteiger partial charge in [0, 0.05) is 49.8 Å². The summed E-state index contributed by atoms with van der Waals surface area (Å²) in [7, 11) is 0. The molecule has 0 fully saturated rings. The fourth-order valence-corrected chi connectivity index (χ4v) is 8.45. The summed E-state index contributed by atoms with van der Waals surface area (Å²) < 4.78 is 9.07. The molecule has 11 aromatic rings. The summed E-state index contributed by atoms with van der Waals surface area (Å²) >= 11 is 0. The highest BCUT2D eigenvalue weighted by atomic mass is 16.3. The number of para-hydroxylation sites is 4. The molecule has 2 heterocycles. The lowest BCUT2D eigenvalue weighted by Crippen LogP contribution is -2.12. The van der Waals surface area contributed by atoms with Crippen LogP contribution in [0.1, 0.15) is 0 Å². The van der Waals surface area contributed by atoms with Crippen LogP contribution in [-0.4, -0.2) is 9.55 Å². The average Bonchev–Trinajstić information content (AvgIpc) is 3.88. The molecule has 0 bridgehead atoms. The minimum atomic E-state index is 0.605. The Morgan fingerprint density at radius 2 is 1.05 bits per heavy atom. The van der Waals surface area contributed by atoms with Crippen LogP contribution in [0.25, 0.3) is 83.1 Å². The molecule has 0 saturated heterocycles. The lowest BCUT2D eigenvalue weighted by atomic mass is 9.98. The molecule has 0 spiro atoms. The van der Waals surface area contributed by atoms with Gasteiger partial charge >= 0.3 is 0 Å². The maximum Gasteiger partial charge on any atom is 0.227 e. The third-order valence-corrected chi connectivity index (χ3v) is 11.0. The van der Waals surface area contributed by atoms with Gasteiger partial charge in [-0.05, 0) is 65.5 Å². The second kappa shape index (κ2) is 13.6. The molecule has 2 aromatic heterocycles. The lowest BCUT2D eigenvalue weighted by Gasteiger charge is -2.30. The van der Waals surface area contributed by atoms with Gasteiger partial charge in [-0.3, -0.25) is 0 Å². The molecule has 0 aliphatic rings. The van der Waals surface area contributed by atoms with E-state index in [9.17, 15) is 0 Å². The lowest BCUT2D eigenvalue weighted by molar-refractivity contribution is 0.621. The number of fused-ring (bicyclic) bond motifs is 6. The average molecular weight is 730 g/mol. The largest absolute Gasteiger partial charge is 0.435 e. The Morgan fingerprint density at radius 3 is 1.84 bits per heavy atom. The van der Waals surface area contributed by atoms with E-state index in [-0.39, 0.29) is 0 Å². The Kier molecular flexibility index (Phi) is 7.78. The third kappa shape index (κ3) is 5.50. The zero-order chi connectivity index (χ0) is 37.7. The maximum absolute atomic E-state index is 6.64. The third-order valence-electron chi connectivity index (χ3n) is 11.0. The van der Waals surface area contributed by atoms with Crippen LogP contribution in [0.2, 0.25) is 0 Å². The van der Waals surface area contributed by atoms with E-state index in [1.165, 1.54) is 27.1 Å². The van der Waals surface area contributed by atoms with Gasteiger partial charge in [-0.15, -0.1) is 0 Å². The predicted molar refractivity (Wildman–Crippen MR) is 237 cm³/mol. The summed E-state index contributed by atoms with van der Waals surface area (Å²) in [5.41, 5.74) is 13.4. The summed E-state index contributed by atoms with van der Waals surface area (Å²) in [5, 5.41) is 4.87. The van der Waals surface area contributed by atoms with E-state index in [1.807, 2.05) is 36.4 Å². The summed E-state index contributed by atoms with van der Waals surface area (Å²) in [5.74, 6) is 0.605. The molecule has 4 heteroatoms. The van der Waals surface area contributed by atoms with Gasteiger partial charge in [0.15, 0.2) is 5.58 Å². The number of nitrogens with zero attached hydrogens (tertiary/aromatic N) is 3. The zero-order valence-electron chi connectivity index (χ0n) is 31.0. The normalized spacial score (nSPS) is 11.5. The molecule has 11 rings (SSSR count). The standard InChI is InChI=1S/C53H35N3O/c1-4-17-36(18-5-1)41-24-12-14-29-48(41)55(49-30-15-13-26-43(49)46-27-16-28-47-52(46)57-53(54-47)38-20-6-2-7-21-38)40-32-34-44-45-33-31-37-19-10-11-25-42(37)51(45)56(50(44)35-40)39-22-8-3-9-23-39/h1-35H. The van der Waals surface area contributed by atoms with Crippen molar-refractivity contribution in [1.29, 1.82) is 0 Å². The fraction of sp³-hybridized carbons (Fsp3) is 0. The molecule has 0 amide bonds. The summed E-state index contributed by atoms with van der Waals surface area (Å²) in [6.07, 6.45) is 0. The van der Waals surface area contributed by atoms with Gasteiger partial charge in [0.1, 0.15) is 5.52 Å². The minimum Gasteiger partial charge on any atom is -0.435 e. The van der Waals surface area contributed by atoms with Crippen molar-refractivity contribution in [2.24, 2.45) is 0 Å². The van der Waals surface area contributed by atoms with E-state index < -0.39 is 0 Å². The highest BCUT2D eigenvalue weighted by Crippen LogP contribution is 2.47. The molecule has 0 unspecified atom stereocenters. The Balaban J connectivity index is 1.20. The van der Waals surface area contributed by atoms with Gasteiger partial charge in [0.2, 0.25) is 5.89 Å². The van der Waals surface area contributed by atoms with E-state index in [0.29, 0.717) is 5.89 Å². The molecule has 0 saturated carbocycles. The first-order chi connectivity index (χ1) is 28.3. The molecule has 9 aromatic carbocycles. The molecule has 0 aliphatic heterocycles. The van der Waals surface area contributed by atoms with Gasteiger partial charge in [-0.25, -0.2) is 4.98 Å². The fourth-order valence-electron chi connectivity index (χ4n) is 8.45. The highest BCUT2D eigenvalue weighted by molar-refractivity contribution is 6.19. The Labute approximate surface area is 330 Å². The number of hydrogen-bond acceptors (Lipinski definition) is 3. The molecule has 268 valence electrons. The maximum atomic E-state index is 6.64. The molecular formula is C53H35N3O. The number of anilines is 3. The van der Waals surface area contributed by atoms with Crippen molar-refractivity contribution >= 4 is 60.7 Å². The second-order valence-corrected chi connectivity index (χ2v) is 14.3. The van der Waals surface area contributed by atoms with Crippen LogP contribution >= 0.6 is 0 Å². The van der Waals surface area contributed by atoms with Gasteiger partial charge < -0.3 is 13.9 Å².